The number of esters is 1. The summed E-state index contributed by atoms with van der Waals surface area (Å²) in [5.74, 6) is 0.0760. The van der Waals surface area contributed by atoms with Gasteiger partial charge in [0.25, 0.3) is 5.91 Å². The molecule has 29 heavy (non-hydrogen) atoms. The van der Waals surface area contributed by atoms with Crippen molar-refractivity contribution < 1.29 is 23.6 Å². The third kappa shape index (κ3) is 5.58. The van der Waals surface area contributed by atoms with Crippen LogP contribution < -0.4 is 10.1 Å². The summed E-state index contributed by atoms with van der Waals surface area (Å²) in [6.45, 7) is 3.48. The Morgan fingerprint density at radius 2 is 1.93 bits per heavy atom. The molecule has 0 aliphatic heterocycles. The number of amides is 1. The van der Waals surface area contributed by atoms with Crippen molar-refractivity contribution in [2.75, 3.05) is 11.9 Å². The van der Waals surface area contributed by atoms with Crippen LogP contribution in [-0.4, -0.2) is 23.6 Å². The van der Waals surface area contributed by atoms with E-state index in [4.69, 9.17) is 25.6 Å². The van der Waals surface area contributed by atoms with Gasteiger partial charge in [0, 0.05) is 10.7 Å². The summed E-state index contributed by atoms with van der Waals surface area (Å²) in [4.78, 5) is 24.2. The first-order chi connectivity index (χ1) is 13.9. The van der Waals surface area contributed by atoms with Crippen LogP contribution in [0.2, 0.25) is 5.02 Å². The molecule has 0 saturated carbocycles. The maximum absolute atomic E-state index is 12.2. The molecular formula is C21H19ClN2O5. The van der Waals surface area contributed by atoms with Crippen molar-refractivity contribution in [3.63, 3.8) is 0 Å². The normalized spacial score (nSPS) is 10.4. The van der Waals surface area contributed by atoms with Crippen molar-refractivity contribution in [2.24, 2.45) is 0 Å². The molecular weight excluding hydrogens is 396 g/mol. The quantitative estimate of drug-likeness (QED) is 0.579. The first kappa shape index (κ1) is 20.4. The Labute approximate surface area is 172 Å². The van der Waals surface area contributed by atoms with Gasteiger partial charge in [-0.25, -0.2) is 4.79 Å². The molecule has 3 rings (SSSR count). The van der Waals surface area contributed by atoms with E-state index in [1.165, 1.54) is 0 Å². The van der Waals surface area contributed by atoms with Gasteiger partial charge in [0.2, 0.25) is 0 Å². The van der Waals surface area contributed by atoms with E-state index in [-0.39, 0.29) is 12.2 Å². The number of nitrogens with zero attached hydrogens (tertiary/aromatic N) is 1. The van der Waals surface area contributed by atoms with Crippen LogP contribution >= 0.6 is 11.6 Å². The van der Waals surface area contributed by atoms with Gasteiger partial charge >= 0.3 is 5.97 Å². The van der Waals surface area contributed by atoms with Crippen LogP contribution in [0.15, 0.2) is 53.1 Å². The van der Waals surface area contributed by atoms with E-state index < -0.39 is 18.5 Å². The molecule has 8 heteroatoms. The Morgan fingerprint density at radius 1 is 1.14 bits per heavy atom. The van der Waals surface area contributed by atoms with Crippen molar-refractivity contribution in [3.05, 3.63) is 76.1 Å². The molecule has 0 bridgehead atoms. The van der Waals surface area contributed by atoms with Crippen molar-refractivity contribution in [3.8, 4) is 5.75 Å². The Balaban J connectivity index is 1.54. The number of benzene rings is 2. The van der Waals surface area contributed by atoms with Crippen LogP contribution in [0.3, 0.4) is 0 Å². The maximum Gasteiger partial charge on any atom is 0.338 e. The van der Waals surface area contributed by atoms with Crippen molar-refractivity contribution in [1.29, 1.82) is 0 Å². The van der Waals surface area contributed by atoms with Crippen LogP contribution in [0, 0.1) is 13.8 Å². The van der Waals surface area contributed by atoms with E-state index in [0.29, 0.717) is 22.2 Å². The fourth-order valence-electron chi connectivity index (χ4n) is 2.55. The lowest BCUT2D eigenvalue weighted by Crippen LogP contribution is -2.20. The number of hydrogen-bond donors (Lipinski definition) is 1. The van der Waals surface area contributed by atoms with Gasteiger partial charge in [0.1, 0.15) is 18.1 Å². The molecule has 0 spiro atoms. The van der Waals surface area contributed by atoms with Gasteiger partial charge in [-0.05, 0) is 50.2 Å². The Morgan fingerprint density at radius 3 is 2.66 bits per heavy atom. The summed E-state index contributed by atoms with van der Waals surface area (Å²) in [6, 6.07) is 13.2. The van der Waals surface area contributed by atoms with Gasteiger partial charge in [0.05, 0.1) is 16.8 Å². The molecule has 1 aromatic heterocycles. The van der Waals surface area contributed by atoms with E-state index in [0.717, 1.165) is 11.3 Å². The molecule has 7 nitrogen and oxygen atoms in total. The fraction of sp³-hybridized carbons (Fsp3) is 0.190. The third-order valence-corrected chi connectivity index (χ3v) is 4.31. The zero-order valence-corrected chi connectivity index (χ0v) is 16.7. The van der Waals surface area contributed by atoms with Gasteiger partial charge in [-0.15, -0.1) is 0 Å². The molecule has 1 N–H and O–H groups in total. The second-order valence-electron chi connectivity index (χ2n) is 6.25. The average molecular weight is 415 g/mol. The first-order valence-electron chi connectivity index (χ1n) is 8.79. The monoisotopic (exact) mass is 414 g/mol. The first-order valence-corrected chi connectivity index (χ1v) is 9.17. The molecule has 3 aromatic rings. The topological polar surface area (TPSA) is 90.7 Å². The molecule has 0 saturated heterocycles. The van der Waals surface area contributed by atoms with Crippen molar-refractivity contribution >= 4 is 29.2 Å². The highest BCUT2D eigenvalue weighted by molar-refractivity contribution is 6.30. The number of aryl methyl sites for hydroxylation is 2. The number of hydrogen-bond acceptors (Lipinski definition) is 6. The SMILES string of the molecule is Cc1noc(C)c1COc1cccc(C(=O)OCC(=O)Nc2cccc(Cl)c2)c1. The highest BCUT2D eigenvalue weighted by atomic mass is 35.5. The molecule has 0 aliphatic carbocycles. The van der Waals surface area contributed by atoms with E-state index in [9.17, 15) is 9.59 Å². The predicted molar refractivity (Wildman–Crippen MR) is 107 cm³/mol. The van der Waals surface area contributed by atoms with Gasteiger partial charge in [-0.3, -0.25) is 4.79 Å². The molecule has 0 unspecified atom stereocenters. The Kier molecular flexibility index (Phi) is 6.51. The van der Waals surface area contributed by atoms with Gasteiger partial charge < -0.3 is 19.3 Å². The summed E-state index contributed by atoms with van der Waals surface area (Å²) >= 11 is 5.87. The van der Waals surface area contributed by atoms with Gasteiger partial charge in [-0.1, -0.05) is 28.9 Å². The number of ether oxygens (including phenoxy) is 2. The minimum absolute atomic E-state index is 0.266. The number of nitrogens with one attached hydrogen (secondary N) is 1. The predicted octanol–water partition coefficient (Wildman–Crippen LogP) is 4.32. The summed E-state index contributed by atoms with van der Waals surface area (Å²) in [6.07, 6.45) is 0. The molecule has 0 radical (unpaired) electrons. The molecule has 0 atom stereocenters. The third-order valence-electron chi connectivity index (χ3n) is 4.08. The maximum atomic E-state index is 12.2. The zero-order valence-electron chi connectivity index (χ0n) is 15.9. The van der Waals surface area contributed by atoms with Crippen LogP contribution in [0.4, 0.5) is 5.69 Å². The van der Waals surface area contributed by atoms with Crippen molar-refractivity contribution in [2.45, 2.75) is 20.5 Å². The lowest BCUT2D eigenvalue weighted by atomic mass is 10.2. The summed E-state index contributed by atoms with van der Waals surface area (Å²) in [5, 5.41) is 6.98. The second kappa shape index (κ2) is 9.25. The van der Waals surface area contributed by atoms with Crippen LogP contribution in [-0.2, 0) is 16.1 Å². The number of carbonyl (C=O) groups is 2. The number of anilines is 1. The van der Waals surface area contributed by atoms with Crippen LogP contribution in [0.5, 0.6) is 5.75 Å². The number of rotatable bonds is 7. The number of carbonyl (C=O) groups excluding carboxylic acids is 2. The molecule has 2 aromatic carbocycles. The molecule has 0 aliphatic rings. The smallest absolute Gasteiger partial charge is 0.338 e. The second-order valence-corrected chi connectivity index (χ2v) is 6.69. The van der Waals surface area contributed by atoms with Crippen LogP contribution in [0.25, 0.3) is 0 Å². The van der Waals surface area contributed by atoms with Gasteiger partial charge in [-0.2, -0.15) is 0 Å². The minimum Gasteiger partial charge on any atom is -0.489 e. The Bertz CT molecular complexity index is 1010. The number of aromatic nitrogens is 1. The zero-order chi connectivity index (χ0) is 20.8. The summed E-state index contributed by atoms with van der Waals surface area (Å²) in [7, 11) is 0. The average Bonchev–Trinajstić information content (AvgIpc) is 3.02. The highest BCUT2D eigenvalue weighted by Gasteiger charge is 2.13. The lowest BCUT2D eigenvalue weighted by molar-refractivity contribution is -0.119. The molecule has 150 valence electrons. The van der Waals surface area contributed by atoms with Crippen LogP contribution in [0.1, 0.15) is 27.4 Å². The number of halogens is 1. The summed E-state index contributed by atoms with van der Waals surface area (Å²) < 4.78 is 15.9. The largest absolute Gasteiger partial charge is 0.489 e. The van der Waals surface area contributed by atoms with E-state index in [1.54, 1.807) is 55.5 Å². The Hall–Kier alpha value is -3.32. The molecule has 1 amide bonds. The van der Waals surface area contributed by atoms with Crippen molar-refractivity contribution in [1.82, 2.24) is 5.16 Å². The minimum atomic E-state index is -0.631. The lowest BCUT2D eigenvalue weighted by Gasteiger charge is -2.09. The standard InChI is InChI=1S/C21H19ClN2O5/c1-13-19(14(2)29-24-13)11-27-18-8-3-5-15(9-18)21(26)28-12-20(25)23-17-7-4-6-16(22)10-17/h3-10H,11-12H2,1-2H3,(H,23,25). The van der Waals surface area contributed by atoms with E-state index in [2.05, 4.69) is 10.5 Å². The molecule has 0 fully saturated rings. The van der Waals surface area contributed by atoms with E-state index >= 15 is 0 Å². The molecule has 1 heterocycles. The summed E-state index contributed by atoms with van der Waals surface area (Å²) in [5.41, 5.74) is 2.41. The van der Waals surface area contributed by atoms with Gasteiger partial charge in [0.15, 0.2) is 6.61 Å². The highest BCUT2D eigenvalue weighted by Crippen LogP contribution is 2.19. The van der Waals surface area contributed by atoms with E-state index in [1.807, 2.05) is 6.92 Å². The fourth-order valence-corrected chi connectivity index (χ4v) is 2.74.